The number of ether oxygens (including phenoxy) is 1. The van der Waals surface area contributed by atoms with Gasteiger partial charge in [-0.3, -0.25) is 14.9 Å². The number of esters is 1. The maximum absolute atomic E-state index is 11.3. The van der Waals surface area contributed by atoms with Crippen LogP contribution in [0, 0.1) is 10.1 Å². The van der Waals surface area contributed by atoms with Crippen LogP contribution in [0.15, 0.2) is 24.3 Å². The predicted octanol–water partition coefficient (Wildman–Crippen LogP) is 2.75. The molecular formula is C12H13NO4. The SMILES string of the molecule is O=C1CCCCC(c2ccc([N+](=O)[O-])cc2)O1. The largest absolute Gasteiger partial charge is 0.457 e. The van der Waals surface area contributed by atoms with E-state index >= 15 is 0 Å². The smallest absolute Gasteiger partial charge is 0.306 e. The number of carbonyl (C=O) groups is 1. The monoisotopic (exact) mass is 235 g/mol. The molecule has 90 valence electrons. The number of cyclic esters (lactones) is 1. The first-order valence-electron chi connectivity index (χ1n) is 5.60. The molecule has 1 heterocycles. The van der Waals surface area contributed by atoms with Crippen LogP contribution in [-0.2, 0) is 9.53 Å². The third-order valence-corrected chi connectivity index (χ3v) is 2.85. The maximum Gasteiger partial charge on any atom is 0.306 e. The van der Waals surface area contributed by atoms with Gasteiger partial charge in [0.05, 0.1) is 4.92 Å². The minimum Gasteiger partial charge on any atom is -0.457 e. The molecule has 0 amide bonds. The highest BCUT2D eigenvalue weighted by molar-refractivity contribution is 5.69. The van der Waals surface area contributed by atoms with Crippen molar-refractivity contribution >= 4 is 11.7 Å². The van der Waals surface area contributed by atoms with Crippen LogP contribution < -0.4 is 0 Å². The summed E-state index contributed by atoms with van der Waals surface area (Å²) in [5.41, 5.74) is 0.875. The Morgan fingerprint density at radius 3 is 2.59 bits per heavy atom. The van der Waals surface area contributed by atoms with Crippen molar-refractivity contribution in [3.63, 3.8) is 0 Å². The van der Waals surface area contributed by atoms with E-state index < -0.39 is 4.92 Å². The van der Waals surface area contributed by atoms with Crippen LogP contribution in [0.3, 0.4) is 0 Å². The Kier molecular flexibility index (Phi) is 3.37. The van der Waals surface area contributed by atoms with E-state index in [-0.39, 0.29) is 17.8 Å². The normalized spacial score (nSPS) is 20.5. The number of nitrogens with zero attached hydrogens (tertiary/aromatic N) is 1. The molecule has 1 aliphatic rings. The number of nitro groups is 1. The Morgan fingerprint density at radius 2 is 1.94 bits per heavy atom. The van der Waals surface area contributed by atoms with Crippen LogP contribution in [0.5, 0.6) is 0 Å². The van der Waals surface area contributed by atoms with Crippen molar-refractivity contribution in [3.8, 4) is 0 Å². The molecule has 1 aromatic carbocycles. The summed E-state index contributed by atoms with van der Waals surface area (Å²) in [6.07, 6.45) is 2.77. The lowest BCUT2D eigenvalue weighted by atomic mass is 10.0. The molecule has 1 unspecified atom stereocenters. The standard InChI is InChI=1S/C12H13NO4/c14-12-4-2-1-3-11(17-12)9-5-7-10(8-6-9)13(15)16/h5-8,11H,1-4H2. The van der Waals surface area contributed by atoms with Gasteiger partial charge in [0, 0.05) is 18.6 Å². The minimum atomic E-state index is -0.442. The average molecular weight is 235 g/mol. The zero-order chi connectivity index (χ0) is 12.3. The molecule has 5 nitrogen and oxygen atoms in total. The van der Waals surface area contributed by atoms with Gasteiger partial charge in [-0.05, 0) is 37.0 Å². The Labute approximate surface area is 98.5 Å². The fourth-order valence-corrected chi connectivity index (χ4v) is 1.92. The first kappa shape index (κ1) is 11.6. The summed E-state index contributed by atoms with van der Waals surface area (Å²) < 4.78 is 5.29. The van der Waals surface area contributed by atoms with Crippen molar-refractivity contribution in [2.24, 2.45) is 0 Å². The highest BCUT2D eigenvalue weighted by atomic mass is 16.6. The molecule has 1 saturated heterocycles. The van der Waals surface area contributed by atoms with Gasteiger partial charge in [0.15, 0.2) is 0 Å². The molecule has 0 radical (unpaired) electrons. The quantitative estimate of drug-likeness (QED) is 0.449. The lowest BCUT2D eigenvalue weighted by molar-refractivity contribution is -0.384. The van der Waals surface area contributed by atoms with Gasteiger partial charge >= 0.3 is 5.97 Å². The van der Waals surface area contributed by atoms with Crippen molar-refractivity contribution in [3.05, 3.63) is 39.9 Å². The second-order valence-electron chi connectivity index (χ2n) is 4.07. The number of benzene rings is 1. The maximum atomic E-state index is 11.3. The van der Waals surface area contributed by atoms with Crippen molar-refractivity contribution in [1.29, 1.82) is 0 Å². The molecule has 0 N–H and O–H groups in total. The summed E-state index contributed by atoms with van der Waals surface area (Å²) >= 11 is 0. The van der Waals surface area contributed by atoms with E-state index in [0.717, 1.165) is 24.8 Å². The molecule has 0 bridgehead atoms. The van der Waals surface area contributed by atoms with Gasteiger partial charge in [-0.15, -0.1) is 0 Å². The van der Waals surface area contributed by atoms with Gasteiger partial charge in [0.25, 0.3) is 5.69 Å². The highest BCUT2D eigenvalue weighted by Gasteiger charge is 2.20. The fourth-order valence-electron chi connectivity index (χ4n) is 1.92. The second-order valence-corrected chi connectivity index (χ2v) is 4.07. The number of nitro benzene ring substituents is 1. The van der Waals surface area contributed by atoms with Gasteiger partial charge < -0.3 is 4.74 Å². The summed E-state index contributed by atoms with van der Waals surface area (Å²) in [6.45, 7) is 0. The first-order chi connectivity index (χ1) is 8.16. The predicted molar refractivity (Wildman–Crippen MR) is 60.4 cm³/mol. The molecule has 1 aromatic rings. The summed E-state index contributed by atoms with van der Waals surface area (Å²) in [4.78, 5) is 21.4. The van der Waals surface area contributed by atoms with E-state index in [1.807, 2.05) is 0 Å². The van der Waals surface area contributed by atoms with Gasteiger partial charge in [0.1, 0.15) is 6.10 Å². The van der Waals surface area contributed by atoms with Crippen molar-refractivity contribution in [2.75, 3.05) is 0 Å². The van der Waals surface area contributed by atoms with Gasteiger partial charge in [0.2, 0.25) is 0 Å². The van der Waals surface area contributed by atoms with Gasteiger partial charge in [-0.2, -0.15) is 0 Å². The lowest BCUT2D eigenvalue weighted by Gasteiger charge is -2.14. The molecule has 0 aromatic heterocycles. The third-order valence-electron chi connectivity index (χ3n) is 2.85. The number of carbonyl (C=O) groups excluding carboxylic acids is 1. The summed E-state index contributed by atoms with van der Waals surface area (Å²) in [6, 6.07) is 6.19. The molecule has 1 fully saturated rings. The second kappa shape index (κ2) is 4.95. The molecule has 1 atom stereocenters. The zero-order valence-corrected chi connectivity index (χ0v) is 9.30. The number of rotatable bonds is 2. The minimum absolute atomic E-state index is 0.0497. The molecular weight excluding hydrogens is 222 g/mol. The summed E-state index contributed by atoms with van der Waals surface area (Å²) in [7, 11) is 0. The molecule has 2 rings (SSSR count). The van der Waals surface area contributed by atoms with Crippen LogP contribution in [0.4, 0.5) is 5.69 Å². The Morgan fingerprint density at radius 1 is 1.24 bits per heavy atom. The Bertz CT molecular complexity index is 427. The van der Waals surface area contributed by atoms with Crippen LogP contribution in [0.1, 0.15) is 37.4 Å². The summed E-state index contributed by atoms with van der Waals surface area (Å²) in [5.74, 6) is -0.189. The molecule has 17 heavy (non-hydrogen) atoms. The van der Waals surface area contributed by atoms with Crippen molar-refractivity contribution < 1.29 is 14.5 Å². The number of hydrogen-bond donors (Lipinski definition) is 0. The Balaban J connectivity index is 2.15. The topological polar surface area (TPSA) is 69.4 Å². The third kappa shape index (κ3) is 2.81. The molecule has 0 spiro atoms. The Hall–Kier alpha value is -1.91. The van der Waals surface area contributed by atoms with E-state index in [1.165, 1.54) is 12.1 Å². The lowest BCUT2D eigenvalue weighted by Crippen LogP contribution is -2.07. The number of non-ortho nitro benzene ring substituents is 1. The fraction of sp³-hybridized carbons (Fsp3) is 0.417. The van der Waals surface area contributed by atoms with E-state index in [2.05, 4.69) is 0 Å². The molecule has 0 aliphatic carbocycles. The van der Waals surface area contributed by atoms with Crippen LogP contribution in [-0.4, -0.2) is 10.9 Å². The zero-order valence-electron chi connectivity index (χ0n) is 9.30. The molecule has 0 saturated carbocycles. The van der Waals surface area contributed by atoms with E-state index in [0.29, 0.717) is 6.42 Å². The highest BCUT2D eigenvalue weighted by Crippen LogP contribution is 2.28. The van der Waals surface area contributed by atoms with Gasteiger partial charge in [-0.1, -0.05) is 0 Å². The average Bonchev–Trinajstić information content (AvgIpc) is 2.54. The molecule has 1 aliphatic heterocycles. The van der Waals surface area contributed by atoms with Crippen LogP contribution in [0.25, 0.3) is 0 Å². The van der Waals surface area contributed by atoms with E-state index in [9.17, 15) is 14.9 Å². The van der Waals surface area contributed by atoms with Crippen LogP contribution >= 0.6 is 0 Å². The van der Waals surface area contributed by atoms with Gasteiger partial charge in [-0.25, -0.2) is 0 Å². The first-order valence-corrected chi connectivity index (χ1v) is 5.60. The number of hydrogen-bond acceptors (Lipinski definition) is 4. The summed E-state index contributed by atoms with van der Waals surface area (Å²) in [5, 5.41) is 10.5. The van der Waals surface area contributed by atoms with Crippen LogP contribution in [0.2, 0.25) is 0 Å². The molecule has 5 heteroatoms. The van der Waals surface area contributed by atoms with E-state index in [4.69, 9.17) is 4.74 Å². The van der Waals surface area contributed by atoms with E-state index in [1.54, 1.807) is 12.1 Å². The van der Waals surface area contributed by atoms with Crippen molar-refractivity contribution in [2.45, 2.75) is 31.8 Å². The van der Waals surface area contributed by atoms with Crippen molar-refractivity contribution in [1.82, 2.24) is 0 Å².